The Hall–Kier alpha value is -2.56. The van der Waals surface area contributed by atoms with E-state index in [1.54, 1.807) is 23.5 Å². The number of anilines is 2. The van der Waals surface area contributed by atoms with E-state index in [0.717, 1.165) is 21.9 Å². The van der Waals surface area contributed by atoms with Gasteiger partial charge in [0, 0.05) is 49.6 Å². The molecular weight excluding hydrogens is 458 g/mol. The quantitative estimate of drug-likeness (QED) is 0.586. The number of piperazine rings is 1. The van der Waals surface area contributed by atoms with Crippen LogP contribution in [0.3, 0.4) is 0 Å². The Labute approximate surface area is 198 Å². The molecule has 1 saturated heterocycles. The number of benzene rings is 1. The number of sulfonamides is 1. The monoisotopic (exact) mass is 487 g/mol. The van der Waals surface area contributed by atoms with Crippen LogP contribution in [0, 0.1) is 13.8 Å². The summed E-state index contributed by atoms with van der Waals surface area (Å²) in [5.74, 6) is 1.73. The summed E-state index contributed by atoms with van der Waals surface area (Å²) < 4.78 is 27.9. The predicted octanol–water partition coefficient (Wildman–Crippen LogP) is 3.90. The molecule has 3 heterocycles. The van der Waals surface area contributed by atoms with E-state index in [-0.39, 0.29) is 16.7 Å². The highest BCUT2D eigenvalue weighted by molar-refractivity contribution is 7.89. The fourth-order valence-electron chi connectivity index (χ4n) is 3.93. The highest BCUT2D eigenvalue weighted by atomic mass is 32.2. The van der Waals surface area contributed by atoms with Crippen LogP contribution in [0.25, 0.3) is 10.2 Å². The van der Waals surface area contributed by atoms with Crippen LogP contribution < -0.4 is 10.2 Å². The van der Waals surface area contributed by atoms with Crippen LogP contribution in [0.2, 0.25) is 0 Å². The number of aryl methyl sites for hydroxylation is 2. The van der Waals surface area contributed by atoms with Crippen molar-refractivity contribution in [3.8, 4) is 0 Å². The minimum absolute atomic E-state index is 0.197. The number of hydrogen-bond acceptors (Lipinski definition) is 7. The van der Waals surface area contributed by atoms with Gasteiger partial charge in [-0.1, -0.05) is 13.8 Å². The van der Waals surface area contributed by atoms with Gasteiger partial charge in [0.1, 0.15) is 16.5 Å². The second kappa shape index (κ2) is 9.00. The van der Waals surface area contributed by atoms with E-state index in [1.165, 1.54) is 33.8 Å². The average molecular weight is 488 g/mol. The second-order valence-corrected chi connectivity index (χ2v) is 11.8. The van der Waals surface area contributed by atoms with Gasteiger partial charge in [-0.05, 0) is 43.7 Å². The predicted molar refractivity (Wildman–Crippen MR) is 133 cm³/mol. The van der Waals surface area contributed by atoms with Crippen molar-refractivity contribution in [3.05, 3.63) is 40.5 Å². The van der Waals surface area contributed by atoms with Crippen molar-refractivity contribution < 1.29 is 13.2 Å². The average Bonchev–Trinajstić information content (AvgIpc) is 3.06. The molecule has 10 heteroatoms. The zero-order chi connectivity index (χ0) is 23.9. The molecule has 2 aromatic heterocycles. The first-order chi connectivity index (χ1) is 15.6. The molecule has 3 aromatic rings. The molecule has 1 N–H and O–H groups in total. The normalized spacial score (nSPS) is 15.4. The zero-order valence-corrected chi connectivity index (χ0v) is 21.2. The molecule has 0 unspecified atom stereocenters. The standard InChI is InChI=1S/C23H29N5O3S2/c1-14(2)21-25-22(20-15(3)16(4)32-23(20)26-21)27-10-12-28(13-11-27)33(30,31)19-8-6-18(7-9-19)24-17(5)29/h6-9,14H,10-13H2,1-5H3,(H,24,29). The molecule has 0 bridgehead atoms. The molecule has 1 aliphatic heterocycles. The van der Waals surface area contributed by atoms with Crippen molar-refractivity contribution in [2.24, 2.45) is 0 Å². The summed E-state index contributed by atoms with van der Waals surface area (Å²) in [5, 5.41) is 3.73. The summed E-state index contributed by atoms with van der Waals surface area (Å²) in [5.41, 5.74) is 1.76. The number of nitrogens with zero attached hydrogens (tertiary/aromatic N) is 4. The van der Waals surface area contributed by atoms with Crippen molar-refractivity contribution in [3.63, 3.8) is 0 Å². The number of rotatable bonds is 5. The largest absolute Gasteiger partial charge is 0.353 e. The molecule has 33 heavy (non-hydrogen) atoms. The maximum atomic E-state index is 13.2. The molecular formula is C23H29N5O3S2. The first-order valence-corrected chi connectivity index (χ1v) is 13.2. The molecule has 1 fully saturated rings. The number of thiophene rings is 1. The number of amides is 1. The minimum Gasteiger partial charge on any atom is -0.353 e. The molecule has 0 aliphatic carbocycles. The number of hydrogen-bond donors (Lipinski definition) is 1. The molecule has 176 valence electrons. The van der Waals surface area contributed by atoms with Gasteiger partial charge in [-0.2, -0.15) is 4.31 Å². The van der Waals surface area contributed by atoms with Crippen molar-refractivity contribution in [2.45, 2.75) is 45.4 Å². The van der Waals surface area contributed by atoms with Crippen LogP contribution in [-0.4, -0.2) is 54.8 Å². The first-order valence-electron chi connectivity index (χ1n) is 11.0. The van der Waals surface area contributed by atoms with Crippen molar-refractivity contribution in [1.29, 1.82) is 0 Å². The number of carbonyl (C=O) groups excluding carboxylic acids is 1. The minimum atomic E-state index is -3.62. The number of fused-ring (bicyclic) bond motifs is 1. The third-order valence-corrected chi connectivity index (χ3v) is 8.91. The van der Waals surface area contributed by atoms with Gasteiger partial charge in [-0.25, -0.2) is 18.4 Å². The zero-order valence-electron chi connectivity index (χ0n) is 19.5. The Kier molecular flexibility index (Phi) is 6.43. The topological polar surface area (TPSA) is 95.5 Å². The lowest BCUT2D eigenvalue weighted by Crippen LogP contribution is -2.49. The lowest BCUT2D eigenvalue weighted by Gasteiger charge is -2.35. The number of carbonyl (C=O) groups is 1. The van der Waals surface area contributed by atoms with Crippen LogP contribution >= 0.6 is 11.3 Å². The van der Waals surface area contributed by atoms with E-state index in [9.17, 15) is 13.2 Å². The van der Waals surface area contributed by atoms with Crippen LogP contribution in [0.5, 0.6) is 0 Å². The fourth-order valence-corrected chi connectivity index (χ4v) is 6.39. The van der Waals surface area contributed by atoms with Crippen molar-refractivity contribution in [2.75, 3.05) is 36.4 Å². The first kappa shape index (κ1) is 23.6. The molecule has 0 radical (unpaired) electrons. The molecule has 0 saturated carbocycles. The van der Waals surface area contributed by atoms with Gasteiger partial charge < -0.3 is 10.2 Å². The number of nitrogens with one attached hydrogen (secondary N) is 1. The lowest BCUT2D eigenvalue weighted by molar-refractivity contribution is -0.114. The maximum absolute atomic E-state index is 13.2. The summed E-state index contributed by atoms with van der Waals surface area (Å²) in [7, 11) is -3.62. The van der Waals surface area contributed by atoms with Crippen LogP contribution in [-0.2, 0) is 14.8 Å². The molecule has 1 aliphatic rings. The van der Waals surface area contributed by atoms with E-state index in [1.807, 2.05) is 0 Å². The smallest absolute Gasteiger partial charge is 0.243 e. The highest BCUT2D eigenvalue weighted by Crippen LogP contribution is 2.36. The van der Waals surface area contributed by atoms with Gasteiger partial charge >= 0.3 is 0 Å². The summed E-state index contributed by atoms with van der Waals surface area (Å²) in [4.78, 5) is 25.5. The third-order valence-electron chi connectivity index (χ3n) is 5.89. The maximum Gasteiger partial charge on any atom is 0.243 e. The molecule has 0 atom stereocenters. The van der Waals surface area contributed by atoms with Gasteiger partial charge in [0.05, 0.1) is 10.3 Å². The molecule has 0 spiro atoms. The van der Waals surface area contributed by atoms with E-state index in [2.05, 4.69) is 37.9 Å². The third kappa shape index (κ3) is 4.60. The summed E-state index contributed by atoms with van der Waals surface area (Å²) in [6.45, 7) is 11.6. The molecule has 4 rings (SSSR count). The van der Waals surface area contributed by atoms with Crippen LogP contribution in [0.15, 0.2) is 29.2 Å². The van der Waals surface area contributed by atoms with E-state index in [0.29, 0.717) is 31.9 Å². The van der Waals surface area contributed by atoms with Crippen molar-refractivity contribution >= 4 is 49.0 Å². The second-order valence-electron chi connectivity index (χ2n) is 8.62. The summed E-state index contributed by atoms with van der Waals surface area (Å²) in [6.07, 6.45) is 0. The van der Waals surface area contributed by atoms with E-state index in [4.69, 9.17) is 9.97 Å². The summed E-state index contributed by atoms with van der Waals surface area (Å²) in [6, 6.07) is 6.29. The number of aromatic nitrogens is 2. The fraction of sp³-hybridized carbons (Fsp3) is 0.435. The molecule has 8 nitrogen and oxygen atoms in total. The Balaban J connectivity index is 1.56. The van der Waals surface area contributed by atoms with Gasteiger partial charge in [0.15, 0.2) is 0 Å². The van der Waals surface area contributed by atoms with E-state index < -0.39 is 10.0 Å². The van der Waals surface area contributed by atoms with E-state index >= 15 is 0 Å². The molecule has 1 aromatic carbocycles. The van der Waals surface area contributed by atoms with Gasteiger partial charge in [-0.15, -0.1) is 11.3 Å². The lowest BCUT2D eigenvalue weighted by atomic mass is 10.1. The Morgan fingerprint density at radius 3 is 2.27 bits per heavy atom. The Bertz CT molecular complexity index is 1290. The van der Waals surface area contributed by atoms with Gasteiger partial charge in [0.25, 0.3) is 0 Å². The summed E-state index contributed by atoms with van der Waals surface area (Å²) >= 11 is 1.68. The Morgan fingerprint density at radius 1 is 1.06 bits per heavy atom. The van der Waals surface area contributed by atoms with Crippen LogP contribution in [0.4, 0.5) is 11.5 Å². The SMILES string of the molecule is CC(=O)Nc1ccc(S(=O)(=O)N2CCN(c3nc(C(C)C)nc4sc(C)c(C)c34)CC2)cc1. The highest BCUT2D eigenvalue weighted by Gasteiger charge is 2.30. The Morgan fingerprint density at radius 2 is 1.70 bits per heavy atom. The van der Waals surface area contributed by atoms with Crippen LogP contribution in [0.1, 0.15) is 43.0 Å². The van der Waals surface area contributed by atoms with Gasteiger partial charge in [-0.3, -0.25) is 4.79 Å². The van der Waals surface area contributed by atoms with Crippen molar-refractivity contribution in [1.82, 2.24) is 14.3 Å². The molecule has 1 amide bonds. The van der Waals surface area contributed by atoms with Gasteiger partial charge in [0.2, 0.25) is 15.9 Å².